The molecule has 1 aliphatic heterocycles. The van der Waals surface area contributed by atoms with E-state index in [1.807, 2.05) is 24.3 Å². The molecule has 3 N–H and O–H groups in total. The van der Waals surface area contributed by atoms with E-state index in [4.69, 9.17) is 11.6 Å². The van der Waals surface area contributed by atoms with Crippen LogP contribution in [-0.2, 0) is 10.2 Å². The Morgan fingerprint density at radius 2 is 2.05 bits per heavy atom. The van der Waals surface area contributed by atoms with Gasteiger partial charge in [-0.25, -0.2) is 0 Å². The minimum absolute atomic E-state index is 0.0684. The van der Waals surface area contributed by atoms with Crippen LogP contribution in [0.2, 0.25) is 5.02 Å². The minimum Gasteiger partial charge on any atom is -0.391 e. The first-order valence-electron chi connectivity index (χ1n) is 7.05. The van der Waals surface area contributed by atoms with E-state index in [2.05, 4.69) is 10.6 Å². The van der Waals surface area contributed by atoms with Gasteiger partial charge in [0.25, 0.3) is 0 Å². The summed E-state index contributed by atoms with van der Waals surface area (Å²) < 4.78 is 0. The Labute approximate surface area is 123 Å². The molecule has 1 amide bonds. The Kier molecular flexibility index (Phi) is 3.71. The van der Waals surface area contributed by atoms with Crippen LogP contribution in [0.3, 0.4) is 0 Å². The number of carbonyl (C=O) groups is 1. The molecule has 2 aliphatic rings. The molecule has 3 rings (SSSR count). The third-order valence-corrected chi connectivity index (χ3v) is 4.66. The smallest absolute Gasteiger partial charge is 0.230 e. The van der Waals surface area contributed by atoms with E-state index in [9.17, 15) is 9.90 Å². The van der Waals surface area contributed by atoms with Crippen molar-refractivity contribution in [1.82, 2.24) is 10.6 Å². The number of halogens is 1. The fraction of sp³-hybridized carbons (Fsp3) is 0.533. The number of carbonyl (C=O) groups excluding carboxylic acids is 1. The van der Waals surface area contributed by atoms with E-state index in [1.165, 1.54) is 0 Å². The number of hydrogen-bond acceptors (Lipinski definition) is 3. The Morgan fingerprint density at radius 3 is 2.60 bits per heavy atom. The molecule has 1 aromatic carbocycles. The molecule has 1 aliphatic carbocycles. The highest BCUT2D eigenvalue weighted by Crippen LogP contribution is 2.48. The van der Waals surface area contributed by atoms with Gasteiger partial charge in [-0.3, -0.25) is 4.79 Å². The van der Waals surface area contributed by atoms with Crippen molar-refractivity contribution in [3.05, 3.63) is 34.9 Å². The molecule has 4 nitrogen and oxygen atoms in total. The van der Waals surface area contributed by atoms with E-state index in [-0.39, 0.29) is 23.3 Å². The molecule has 2 unspecified atom stereocenters. The first-order valence-corrected chi connectivity index (χ1v) is 7.43. The summed E-state index contributed by atoms with van der Waals surface area (Å²) in [6, 6.07) is 7.52. The van der Waals surface area contributed by atoms with Crippen molar-refractivity contribution in [3.63, 3.8) is 0 Å². The van der Waals surface area contributed by atoms with Crippen LogP contribution in [0.1, 0.15) is 18.4 Å². The van der Waals surface area contributed by atoms with Gasteiger partial charge in [0.15, 0.2) is 0 Å². The van der Waals surface area contributed by atoms with Gasteiger partial charge in [0.2, 0.25) is 5.91 Å². The zero-order chi connectivity index (χ0) is 14.2. The number of nitrogens with one attached hydrogen (secondary N) is 2. The van der Waals surface area contributed by atoms with Crippen LogP contribution in [0.25, 0.3) is 0 Å². The molecule has 1 saturated carbocycles. The highest BCUT2D eigenvalue weighted by molar-refractivity contribution is 6.30. The number of aliphatic hydroxyl groups is 1. The molecule has 0 aromatic heterocycles. The Hall–Kier alpha value is -1.10. The molecule has 1 saturated heterocycles. The summed E-state index contributed by atoms with van der Waals surface area (Å²) >= 11 is 5.89. The number of aliphatic hydroxyl groups excluding tert-OH is 1. The summed E-state index contributed by atoms with van der Waals surface area (Å²) in [5, 5.41) is 16.5. The molecule has 0 bridgehead atoms. The van der Waals surface area contributed by atoms with Gasteiger partial charge < -0.3 is 15.7 Å². The second-order valence-corrected chi connectivity index (χ2v) is 6.22. The van der Waals surface area contributed by atoms with Gasteiger partial charge in [-0.1, -0.05) is 23.7 Å². The zero-order valence-electron chi connectivity index (χ0n) is 11.2. The first-order chi connectivity index (χ1) is 9.62. The average Bonchev–Trinajstić information content (AvgIpc) is 3.15. The summed E-state index contributed by atoms with van der Waals surface area (Å²) in [5.74, 6) is 0.180. The minimum atomic E-state index is -0.373. The highest BCUT2D eigenvalue weighted by atomic mass is 35.5. The van der Waals surface area contributed by atoms with Crippen molar-refractivity contribution in [2.45, 2.75) is 24.4 Å². The van der Waals surface area contributed by atoms with Gasteiger partial charge in [0.1, 0.15) is 0 Å². The van der Waals surface area contributed by atoms with Crippen LogP contribution in [0.4, 0.5) is 0 Å². The third kappa shape index (κ3) is 2.55. The van der Waals surface area contributed by atoms with E-state index in [0.717, 1.165) is 24.9 Å². The summed E-state index contributed by atoms with van der Waals surface area (Å²) in [4.78, 5) is 12.4. The number of benzene rings is 1. The van der Waals surface area contributed by atoms with Gasteiger partial charge in [0, 0.05) is 30.6 Å². The molecule has 2 fully saturated rings. The largest absolute Gasteiger partial charge is 0.391 e. The molecule has 2 atom stereocenters. The van der Waals surface area contributed by atoms with Crippen molar-refractivity contribution in [1.29, 1.82) is 0 Å². The van der Waals surface area contributed by atoms with Crippen molar-refractivity contribution in [2.24, 2.45) is 5.92 Å². The van der Waals surface area contributed by atoms with Crippen LogP contribution in [-0.4, -0.2) is 36.8 Å². The van der Waals surface area contributed by atoms with Crippen molar-refractivity contribution in [3.8, 4) is 0 Å². The molecule has 0 spiro atoms. The Morgan fingerprint density at radius 1 is 1.35 bits per heavy atom. The summed E-state index contributed by atoms with van der Waals surface area (Å²) in [6.45, 7) is 1.90. The van der Waals surface area contributed by atoms with Crippen LogP contribution in [0, 0.1) is 5.92 Å². The SMILES string of the molecule is O=C(NCC1CNCC1O)C1(c2ccc(Cl)cc2)CC1. The predicted octanol–water partition coefficient (Wildman–Crippen LogP) is 1.07. The lowest BCUT2D eigenvalue weighted by atomic mass is 9.94. The lowest BCUT2D eigenvalue weighted by molar-refractivity contribution is -0.123. The normalized spacial score (nSPS) is 27.3. The van der Waals surface area contributed by atoms with Gasteiger partial charge in [-0.2, -0.15) is 0 Å². The maximum atomic E-state index is 12.4. The van der Waals surface area contributed by atoms with E-state index in [0.29, 0.717) is 18.1 Å². The topological polar surface area (TPSA) is 61.4 Å². The third-order valence-electron chi connectivity index (χ3n) is 4.41. The number of β-amino-alcohol motifs (C(OH)–C–C–N with tert-alkyl or cyclic N) is 1. The van der Waals surface area contributed by atoms with Gasteiger partial charge in [-0.05, 0) is 30.5 Å². The first kappa shape index (κ1) is 13.9. The molecule has 108 valence electrons. The number of amides is 1. The van der Waals surface area contributed by atoms with Crippen LogP contribution in [0.15, 0.2) is 24.3 Å². The second kappa shape index (κ2) is 5.35. The standard InChI is InChI=1S/C15H19ClN2O2/c16-12-3-1-11(2-4-12)15(5-6-15)14(20)18-8-10-7-17-9-13(10)19/h1-4,10,13,17,19H,5-9H2,(H,18,20). The van der Waals surface area contributed by atoms with Crippen molar-refractivity contribution < 1.29 is 9.90 Å². The second-order valence-electron chi connectivity index (χ2n) is 5.78. The lowest BCUT2D eigenvalue weighted by Gasteiger charge is -2.19. The lowest BCUT2D eigenvalue weighted by Crippen LogP contribution is -2.40. The maximum Gasteiger partial charge on any atom is 0.230 e. The number of rotatable bonds is 4. The average molecular weight is 295 g/mol. The zero-order valence-corrected chi connectivity index (χ0v) is 12.0. The molecule has 20 heavy (non-hydrogen) atoms. The molecule has 0 radical (unpaired) electrons. The predicted molar refractivity (Wildman–Crippen MR) is 77.7 cm³/mol. The van der Waals surface area contributed by atoms with Crippen LogP contribution >= 0.6 is 11.6 Å². The fourth-order valence-electron chi connectivity index (χ4n) is 2.86. The molecule has 1 aromatic rings. The Balaban J connectivity index is 1.63. The molecule has 1 heterocycles. The molecule has 5 heteroatoms. The maximum absolute atomic E-state index is 12.4. The van der Waals surface area contributed by atoms with Gasteiger partial charge in [0.05, 0.1) is 11.5 Å². The summed E-state index contributed by atoms with van der Waals surface area (Å²) in [6.07, 6.45) is 1.40. The monoisotopic (exact) mass is 294 g/mol. The highest BCUT2D eigenvalue weighted by Gasteiger charge is 2.51. The fourth-order valence-corrected chi connectivity index (χ4v) is 2.99. The van der Waals surface area contributed by atoms with E-state index < -0.39 is 0 Å². The van der Waals surface area contributed by atoms with Gasteiger partial charge >= 0.3 is 0 Å². The Bertz CT molecular complexity index is 499. The van der Waals surface area contributed by atoms with Crippen LogP contribution in [0.5, 0.6) is 0 Å². The number of hydrogen-bond donors (Lipinski definition) is 3. The summed E-state index contributed by atoms with van der Waals surface area (Å²) in [5.41, 5.74) is 0.659. The van der Waals surface area contributed by atoms with E-state index >= 15 is 0 Å². The van der Waals surface area contributed by atoms with Crippen LogP contribution < -0.4 is 10.6 Å². The molecular weight excluding hydrogens is 276 g/mol. The molecular formula is C15H19ClN2O2. The van der Waals surface area contributed by atoms with E-state index in [1.54, 1.807) is 0 Å². The van der Waals surface area contributed by atoms with Crippen molar-refractivity contribution >= 4 is 17.5 Å². The van der Waals surface area contributed by atoms with Crippen molar-refractivity contribution in [2.75, 3.05) is 19.6 Å². The summed E-state index contributed by atoms with van der Waals surface area (Å²) in [7, 11) is 0. The quantitative estimate of drug-likeness (QED) is 0.778. The van der Waals surface area contributed by atoms with Gasteiger partial charge in [-0.15, -0.1) is 0 Å².